The largest absolute Gasteiger partial charge is 0.443 e. The maximum atomic E-state index is 12.3. The first-order valence-corrected chi connectivity index (χ1v) is 8.03. The number of imide groups is 1. The molecule has 0 atom stereocenters. The first-order chi connectivity index (χ1) is 10.4. The van der Waals surface area contributed by atoms with Crippen molar-refractivity contribution in [1.82, 2.24) is 20.4 Å². The first kappa shape index (κ1) is 19.1. The van der Waals surface area contributed by atoms with Gasteiger partial charge in [0.25, 0.3) is 5.95 Å². The van der Waals surface area contributed by atoms with Crippen molar-refractivity contribution in [3.63, 3.8) is 0 Å². The van der Waals surface area contributed by atoms with E-state index < -0.39 is 23.4 Å². The zero-order valence-corrected chi connectivity index (χ0v) is 15.1. The van der Waals surface area contributed by atoms with Crippen LogP contribution >= 0.6 is 11.8 Å². The number of rotatable bonds is 2. The molecule has 0 saturated heterocycles. The number of ether oxygens (including phenoxy) is 2. The molecule has 0 saturated carbocycles. The molecule has 0 radical (unpaired) electrons. The van der Waals surface area contributed by atoms with Gasteiger partial charge in [0, 0.05) is 0 Å². The van der Waals surface area contributed by atoms with Gasteiger partial charge in [-0.05, 0) is 47.8 Å². The summed E-state index contributed by atoms with van der Waals surface area (Å²) in [5.41, 5.74) is -1.62. The van der Waals surface area contributed by atoms with Gasteiger partial charge in [-0.25, -0.2) is 9.59 Å². The Bertz CT molecular complexity index is 537. The molecule has 10 heteroatoms. The molecular formula is C13H21N5O4S. The minimum Gasteiger partial charge on any atom is -0.443 e. The van der Waals surface area contributed by atoms with Crippen LogP contribution in [-0.2, 0) is 9.47 Å². The number of carbonyl (C=O) groups excluding carboxylic acids is 2. The second-order valence-electron chi connectivity index (χ2n) is 6.48. The summed E-state index contributed by atoms with van der Waals surface area (Å²) in [6.07, 6.45) is -0.183. The van der Waals surface area contributed by atoms with Crippen molar-refractivity contribution in [2.24, 2.45) is 0 Å². The van der Waals surface area contributed by atoms with E-state index in [4.69, 9.17) is 9.47 Å². The highest BCUT2D eigenvalue weighted by molar-refractivity contribution is 7.98. The number of carbonyl (C=O) groups is 2. The van der Waals surface area contributed by atoms with Gasteiger partial charge >= 0.3 is 12.2 Å². The number of aromatic nitrogens is 4. The lowest BCUT2D eigenvalue weighted by atomic mass is 10.2. The van der Waals surface area contributed by atoms with Gasteiger partial charge in [0.05, 0.1) is 0 Å². The molecule has 0 fully saturated rings. The number of anilines is 1. The number of nitrogens with zero attached hydrogens (tertiary/aromatic N) is 5. The smallest absolute Gasteiger partial charge is 0.427 e. The minimum absolute atomic E-state index is 0.307. The van der Waals surface area contributed by atoms with Crippen LogP contribution < -0.4 is 4.90 Å². The predicted molar refractivity (Wildman–Crippen MR) is 84.4 cm³/mol. The Morgan fingerprint density at radius 3 is 1.57 bits per heavy atom. The molecule has 0 N–H and O–H groups in total. The Morgan fingerprint density at radius 1 is 0.870 bits per heavy atom. The van der Waals surface area contributed by atoms with Gasteiger partial charge in [0.15, 0.2) is 0 Å². The molecule has 1 heterocycles. The number of amides is 2. The van der Waals surface area contributed by atoms with Gasteiger partial charge in [-0.1, -0.05) is 11.8 Å². The van der Waals surface area contributed by atoms with E-state index in [1.54, 1.807) is 47.8 Å². The fourth-order valence-corrected chi connectivity index (χ4v) is 1.48. The highest BCUT2D eigenvalue weighted by atomic mass is 32.2. The van der Waals surface area contributed by atoms with E-state index in [2.05, 4.69) is 20.4 Å². The number of hydrogen-bond donors (Lipinski definition) is 0. The fraction of sp³-hybridized carbons (Fsp3) is 0.692. The highest BCUT2D eigenvalue weighted by Gasteiger charge is 2.35. The number of hydrogen-bond acceptors (Lipinski definition) is 9. The summed E-state index contributed by atoms with van der Waals surface area (Å²) in [5, 5.41) is 15.3. The lowest BCUT2D eigenvalue weighted by Crippen LogP contribution is -2.44. The molecule has 1 aromatic rings. The van der Waals surface area contributed by atoms with Gasteiger partial charge in [-0.15, -0.1) is 25.3 Å². The first-order valence-electron chi connectivity index (χ1n) is 6.80. The summed E-state index contributed by atoms with van der Waals surface area (Å²) in [7, 11) is 0. The van der Waals surface area contributed by atoms with Crippen molar-refractivity contribution in [2.45, 2.75) is 57.9 Å². The predicted octanol–water partition coefficient (Wildman–Crippen LogP) is 2.67. The van der Waals surface area contributed by atoms with Gasteiger partial charge < -0.3 is 9.47 Å². The van der Waals surface area contributed by atoms with E-state index in [0.29, 0.717) is 10.1 Å². The summed E-state index contributed by atoms with van der Waals surface area (Å²) >= 11 is 1.23. The van der Waals surface area contributed by atoms with Crippen molar-refractivity contribution in [3.05, 3.63) is 0 Å². The van der Waals surface area contributed by atoms with Crippen molar-refractivity contribution < 1.29 is 19.1 Å². The highest BCUT2D eigenvalue weighted by Crippen LogP contribution is 2.18. The molecule has 0 bridgehead atoms. The van der Waals surface area contributed by atoms with Gasteiger partial charge in [-0.3, -0.25) is 0 Å². The van der Waals surface area contributed by atoms with Crippen LogP contribution in [0.5, 0.6) is 0 Å². The summed E-state index contributed by atoms with van der Waals surface area (Å²) < 4.78 is 10.4. The summed E-state index contributed by atoms with van der Waals surface area (Å²) in [4.78, 5) is 25.2. The molecule has 0 aromatic carbocycles. The summed E-state index contributed by atoms with van der Waals surface area (Å²) in [6, 6.07) is 0. The van der Waals surface area contributed by atoms with Crippen molar-refractivity contribution in [3.8, 4) is 0 Å². The summed E-state index contributed by atoms with van der Waals surface area (Å²) in [5.74, 6) is -0.314. The molecule has 0 unspecified atom stereocenters. The van der Waals surface area contributed by atoms with E-state index in [0.717, 1.165) is 0 Å². The number of thioether (sulfide) groups is 1. The van der Waals surface area contributed by atoms with Crippen LogP contribution in [0.15, 0.2) is 5.16 Å². The maximum absolute atomic E-state index is 12.3. The Labute approximate surface area is 139 Å². The zero-order chi connectivity index (χ0) is 17.8. The van der Waals surface area contributed by atoms with E-state index in [9.17, 15) is 9.59 Å². The Morgan fingerprint density at radius 2 is 1.26 bits per heavy atom. The molecule has 0 aliphatic heterocycles. The molecule has 9 nitrogen and oxygen atoms in total. The third-order valence-electron chi connectivity index (χ3n) is 1.98. The van der Waals surface area contributed by atoms with E-state index in [1.165, 1.54) is 11.8 Å². The Kier molecular flexibility index (Phi) is 5.86. The normalized spacial score (nSPS) is 11.8. The molecule has 1 aromatic heterocycles. The summed E-state index contributed by atoms with van der Waals surface area (Å²) in [6.45, 7) is 10.0. The van der Waals surface area contributed by atoms with Gasteiger partial charge in [-0.2, -0.15) is 0 Å². The molecule has 128 valence electrons. The second-order valence-corrected chi connectivity index (χ2v) is 7.26. The molecule has 1 rings (SSSR count). The Balaban J connectivity index is 3.14. The molecule has 0 aliphatic carbocycles. The van der Waals surface area contributed by atoms with Crippen LogP contribution in [0.25, 0.3) is 0 Å². The maximum Gasteiger partial charge on any atom is 0.427 e. The Hall–Kier alpha value is -1.97. The topological polar surface area (TPSA) is 107 Å². The van der Waals surface area contributed by atoms with E-state index >= 15 is 0 Å². The molecule has 23 heavy (non-hydrogen) atoms. The van der Waals surface area contributed by atoms with Crippen molar-refractivity contribution in [1.29, 1.82) is 0 Å². The molecule has 2 amide bonds. The van der Waals surface area contributed by atoms with Gasteiger partial charge in [0.2, 0.25) is 5.16 Å². The molecule has 0 spiro atoms. The average Bonchev–Trinajstić information content (AvgIpc) is 2.35. The SMILES string of the molecule is CSc1nnc(N(C(=O)OC(C)(C)C)C(=O)OC(C)(C)C)nn1. The molecule has 0 aliphatic rings. The zero-order valence-electron chi connectivity index (χ0n) is 14.3. The standard InChI is InChI=1S/C13H21N5O4S/c1-12(2,3)21-10(19)18(11(20)22-13(4,5)6)8-14-16-9(23-7)17-15-8/h1-7H3. The van der Waals surface area contributed by atoms with E-state index in [-0.39, 0.29) is 5.95 Å². The molecular weight excluding hydrogens is 322 g/mol. The quantitative estimate of drug-likeness (QED) is 0.749. The van der Waals surface area contributed by atoms with Crippen LogP contribution in [0.1, 0.15) is 41.5 Å². The third-order valence-corrected chi connectivity index (χ3v) is 2.51. The third kappa shape index (κ3) is 6.35. The van der Waals surface area contributed by atoms with E-state index in [1.807, 2.05) is 0 Å². The fourth-order valence-electron chi connectivity index (χ4n) is 1.24. The second kappa shape index (κ2) is 7.07. The van der Waals surface area contributed by atoms with Crippen LogP contribution in [0.2, 0.25) is 0 Å². The monoisotopic (exact) mass is 343 g/mol. The van der Waals surface area contributed by atoms with Crippen LogP contribution in [0.4, 0.5) is 15.5 Å². The average molecular weight is 343 g/mol. The van der Waals surface area contributed by atoms with Crippen LogP contribution in [0.3, 0.4) is 0 Å². The van der Waals surface area contributed by atoms with Crippen molar-refractivity contribution in [2.75, 3.05) is 11.2 Å². The van der Waals surface area contributed by atoms with Gasteiger partial charge in [0.1, 0.15) is 11.2 Å². The van der Waals surface area contributed by atoms with Crippen LogP contribution in [0, 0.1) is 0 Å². The lowest BCUT2D eigenvalue weighted by Gasteiger charge is -2.27. The lowest BCUT2D eigenvalue weighted by molar-refractivity contribution is 0.0426. The minimum atomic E-state index is -0.966. The van der Waals surface area contributed by atoms with Crippen molar-refractivity contribution >= 4 is 29.9 Å². The van der Waals surface area contributed by atoms with Crippen LogP contribution in [-0.4, -0.2) is 50.0 Å².